The number of nitrogens with one attached hydrogen (secondary N) is 1. The molecule has 0 radical (unpaired) electrons. The Bertz CT molecular complexity index is 724. The monoisotopic (exact) mass is 321 g/mol. The molecule has 0 amide bonds. The van der Waals surface area contributed by atoms with Gasteiger partial charge in [0, 0.05) is 6.54 Å². The van der Waals surface area contributed by atoms with Crippen molar-refractivity contribution in [1.29, 1.82) is 0 Å². The number of rotatable bonds is 4. The van der Waals surface area contributed by atoms with E-state index in [1.807, 2.05) is 18.4 Å². The molecule has 1 saturated heterocycles. The second kappa shape index (κ2) is 6.58. The Morgan fingerprint density at radius 3 is 3.27 bits per heavy atom. The first kappa shape index (κ1) is 15.2. The van der Waals surface area contributed by atoms with Crippen LogP contribution >= 0.6 is 11.3 Å². The highest BCUT2D eigenvalue weighted by atomic mass is 32.1. The molecule has 0 aliphatic carbocycles. The van der Waals surface area contributed by atoms with E-state index in [1.165, 1.54) is 11.3 Å². The van der Waals surface area contributed by atoms with E-state index in [0.717, 1.165) is 24.9 Å². The lowest BCUT2D eigenvalue weighted by Crippen LogP contribution is -2.39. The van der Waals surface area contributed by atoms with Crippen LogP contribution in [0.25, 0.3) is 10.2 Å². The number of ether oxygens (including phenoxy) is 1. The van der Waals surface area contributed by atoms with E-state index >= 15 is 0 Å². The Labute approximate surface area is 132 Å². The number of H-pyrrole nitrogens is 1. The molecule has 0 unspecified atom stereocenters. The van der Waals surface area contributed by atoms with Crippen LogP contribution in [0.15, 0.2) is 16.2 Å². The third-order valence-electron chi connectivity index (χ3n) is 3.86. The molecule has 1 aliphatic rings. The zero-order valence-corrected chi connectivity index (χ0v) is 13.3. The first-order valence-electron chi connectivity index (χ1n) is 7.52. The molecule has 1 fully saturated rings. The van der Waals surface area contributed by atoms with Gasteiger partial charge >= 0.3 is 5.97 Å². The number of hydrogen-bond donors (Lipinski definition) is 1. The largest absolute Gasteiger partial charge is 0.466 e. The number of piperidine rings is 1. The maximum absolute atomic E-state index is 12.0. The van der Waals surface area contributed by atoms with Gasteiger partial charge in [-0.3, -0.25) is 14.5 Å². The van der Waals surface area contributed by atoms with E-state index in [-0.39, 0.29) is 17.4 Å². The van der Waals surface area contributed by atoms with Crippen LogP contribution in [0, 0.1) is 5.92 Å². The van der Waals surface area contributed by atoms with E-state index in [1.54, 1.807) is 0 Å². The molecule has 2 aromatic rings. The maximum Gasteiger partial charge on any atom is 0.310 e. The summed E-state index contributed by atoms with van der Waals surface area (Å²) in [5, 5.41) is 1.87. The van der Waals surface area contributed by atoms with Crippen molar-refractivity contribution in [2.75, 3.05) is 19.7 Å². The second-order valence-corrected chi connectivity index (χ2v) is 6.39. The molecule has 1 aliphatic heterocycles. The van der Waals surface area contributed by atoms with Gasteiger partial charge in [-0.15, -0.1) is 11.3 Å². The van der Waals surface area contributed by atoms with Crippen molar-refractivity contribution in [3.8, 4) is 0 Å². The normalized spacial score (nSPS) is 19.4. The van der Waals surface area contributed by atoms with Crippen LogP contribution in [0.4, 0.5) is 0 Å². The number of fused-ring (bicyclic) bond motifs is 1. The topological polar surface area (TPSA) is 75.3 Å². The first-order valence-corrected chi connectivity index (χ1v) is 8.40. The second-order valence-electron chi connectivity index (χ2n) is 5.47. The van der Waals surface area contributed by atoms with Crippen LogP contribution in [0.2, 0.25) is 0 Å². The summed E-state index contributed by atoms with van der Waals surface area (Å²) in [6, 6.07) is 1.86. The highest BCUT2D eigenvalue weighted by Crippen LogP contribution is 2.20. The van der Waals surface area contributed by atoms with Crippen LogP contribution < -0.4 is 5.56 Å². The van der Waals surface area contributed by atoms with Crippen molar-refractivity contribution in [1.82, 2.24) is 14.9 Å². The Kier molecular flexibility index (Phi) is 4.54. The highest BCUT2D eigenvalue weighted by molar-refractivity contribution is 7.17. The molecule has 7 heteroatoms. The van der Waals surface area contributed by atoms with Gasteiger partial charge in [0.05, 0.1) is 24.6 Å². The van der Waals surface area contributed by atoms with E-state index in [2.05, 4.69) is 14.9 Å². The van der Waals surface area contributed by atoms with Gasteiger partial charge in [-0.1, -0.05) is 0 Å². The van der Waals surface area contributed by atoms with Gasteiger partial charge in [-0.2, -0.15) is 0 Å². The number of thiophene rings is 1. The van der Waals surface area contributed by atoms with Crippen LogP contribution in [0.5, 0.6) is 0 Å². The number of esters is 1. The number of nitrogens with zero attached hydrogens (tertiary/aromatic N) is 2. The Balaban J connectivity index is 1.71. The molecule has 0 spiro atoms. The van der Waals surface area contributed by atoms with Gasteiger partial charge in [-0.05, 0) is 37.8 Å². The molecule has 0 aromatic carbocycles. The maximum atomic E-state index is 12.0. The molecule has 1 N–H and O–H groups in total. The van der Waals surface area contributed by atoms with Gasteiger partial charge in [0.2, 0.25) is 0 Å². The minimum absolute atomic E-state index is 0.0784. The Morgan fingerprint density at radius 1 is 1.59 bits per heavy atom. The molecule has 3 heterocycles. The van der Waals surface area contributed by atoms with Gasteiger partial charge < -0.3 is 9.72 Å². The number of carbonyl (C=O) groups excluding carboxylic acids is 1. The predicted octanol–water partition coefficient (Wildman–Crippen LogP) is 1.76. The summed E-state index contributed by atoms with van der Waals surface area (Å²) >= 11 is 1.40. The lowest BCUT2D eigenvalue weighted by atomic mass is 9.98. The number of aromatic amines is 1. The summed E-state index contributed by atoms with van der Waals surface area (Å²) in [6.45, 7) is 4.35. The molecule has 22 heavy (non-hydrogen) atoms. The molecule has 1 atom stereocenters. The predicted molar refractivity (Wildman–Crippen MR) is 84.9 cm³/mol. The minimum atomic E-state index is -0.123. The number of aromatic nitrogens is 2. The fraction of sp³-hybridized carbons (Fsp3) is 0.533. The Morgan fingerprint density at radius 2 is 2.45 bits per heavy atom. The average molecular weight is 321 g/mol. The smallest absolute Gasteiger partial charge is 0.310 e. The molecule has 0 bridgehead atoms. The summed E-state index contributed by atoms with van der Waals surface area (Å²) in [6.07, 6.45) is 1.82. The van der Waals surface area contributed by atoms with Crippen molar-refractivity contribution >= 4 is 27.5 Å². The van der Waals surface area contributed by atoms with E-state index in [0.29, 0.717) is 30.2 Å². The standard InChI is InChI=1S/C15H19N3O3S/c1-2-21-15(20)10-4-3-6-18(8-10)9-12-16-11-5-7-22-13(11)14(19)17-12/h5,7,10H,2-4,6,8-9H2,1H3,(H,16,17,19)/t10-/m1/s1. The lowest BCUT2D eigenvalue weighted by molar-refractivity contribution is -0.150. The zero-order valence-electron chi connectivity index (χ0n) is 12.5. The van der Waals surface area contributed by atoms with Crippen molar-refractivity contribution in [3.05, 3.63) is 27.6 Å². The van der Waals surface area contributed by atoms with Crippen LogP contribution in [0.3, 0.4) is 0 Å². The van der Waals surface area contributed by atoms with Gasteiger partial charge in [0.1, 0.15) is 10.5 Å². The van der Waals surface area contributed by atoms with Crippen LogP contribution in [-0.4, -0.2) is 40.5 Å². The lowest BCUT2D eigenvalue weighted by Gasteiger charge is -2.30. The van der Waals surface area contributed by atoms with Crippen LogP contribution in [0.1, 0.15) is 25.6 Å². The van der Waals surface area contributed by atoms with E-state index in [9.17, 15) is 9.59 Å². The molecular formula is C15H19N3O3S. The summed E-state index contributed by atoms with van der Waals surface area (Å²) in [5.74, 6) is 0.452. The number of hydrogen-bond acceptors (Lipinski definition) is 6. The molecule has 0 saturated carbocycles. The van der Waals surface area contributed by atoms with E-state index < -0.39 is 0 Å². The number of likely N-dealkylation sites (tertiary alicyclic amines) is 1. The molecule has 6 nitrogen and oxygen atoms in total. The zero-order chi connectivity index (χ0) is 15.5. The molecule has 3 rings (SSSR count). The van der Waals surface area contributed by atoms with Crippen molar-refractivity contribution in [2.45, 2.75) is 26.3 Å². The SMILES string of the molecule is CCOC(=O)[C@@H]1CCCN(Cc2nc3ccsc3c(=O)[nH]2)C1. The quantitative estimate of drug-likeness (QED) is 0.869. The summed E-state index contributed by atoms with van der Waals surface area (Å²) in [5.41, 5.74) is 0.650. The number of carbonyl (C=O) groups is 1. The fourth-order valence-corrected chi connectivity index (χ4v) is 3.59. The van der Waals surface area contributed by atoms with Crippen molar-refractivity contribution in [3.63, 3.8) is 0 Å². The molecular weight excluding hydrogens is 302 g/mol. The Hall–Kier alpha value is -1.73. The average Bonchev–Trinajstić information content (AvgIpc) is 2.97. The summed E-state index contributed by atoms with van der Waals surface area (Å²) in [4.78, 5) is 33.3. The van der Waals surface area contributed by atoms with Crippen molar-refractivity contribution in [2.24, 2.45) is 5.92 Å². The fourth-order valence-electron chi connectivity index (χ4n) is 2.86. The van der Waals surface area contributed by atoms with Gasteiger partial charge in [0.15, 0.2) is 0 Å². The minimum Gasteiger partial charge on any atom is -0.466 e. The summed E-state index contributed by atoms with van der Waals surface area (Å²) in [7, 11) is 0. The van der Waals surface area contributed by atoms with Gasteiger partial charge in [-0.25, -0.2) is 4.98 Å². The summed E-state index contributed by atoms with van der Waals surface area (Å²) < 4.78 is 5.77. The van der Waals surface area contributed by atoms with Crippen LogP contribution in [-0.2, 0) is 16.1 Å². The molecule has 2 aromatic heterocycles. The first-order chi connectivity index (χ1) is 10.7. The van der Waals surface area contributed by atoms with E-state index in [4.69, 9.17) is 4.74 Å². The third kappa shape index (κ3) is 3.20. The molecule has 118 valence electrons. The van der Waals surface area contributed by atoms with Gasteiger partial charge in [0.25, 0.3) is 5.56 Å². The van der Waals surface area contributed by atoms with Crippen molar-refractivity contribution < 1.29 is 9.53 Å². The third-order valence-corrected chi connectivity index (χ3v) is 4.77. The highest BCUT2D eigenvalue weighted by Gasteiger charge is 2.27.